The molecule has 1 N–H and O–H groups in total. The Balaban J connectivity index is 1.68. The van der Waals surface area contributed by atoms with Gasteiger partial charge in [-0.1, -0.05) is 13.3 Å². The lowest BCUT2D eigenvalue weighted by atomic mass is 9.69. The molecule has 2 fully saturated rings. The summed E-state index contributed by atoms with van der Waals surface area (Å²) >= 11 is 0. The molecule has 2 aliphatic rings. The molecule has 0 amide bonds. The fourth-order valence-electron chi connectivity index (χ4n) is 4.33. The van der Waals surface area contributed by atoms with Crippen molar-refractivity contribution in [3.05, 3.63) is 24.8 Å². The summed E-state index contributed by atoms with van der Waals surface area (Å²) in [7, 11) is 0. The van der Waals surface area contributed by atoms with E-state index in [0.717, 1.165) is 43.8 Å². The first-order valence-corrected chi connectivity index (χ1v) is 7.95. The number of nitrogens with zero attached hydrogens (tertiary/aromatic N) is 4. The molecule has 5 nitrogen and oxygen atoms in total. The summed E-state index contributed by atoms with van der Waals surface area (Å²) in [5, 5.41) is 10.9. The van der Waals surface area contributed by atoms with E-state index < -0.39 is 5.60 Å². The fourth-order valence-corrected chi connectivity index (χ4v) is 4.33. The Kier molecular flexibility index (Phi) is 2.92. The lowest BCUT2D eigenvalue weighted by molar-refractivity contribution is -0.0597. The Hall–Kier alpha value is -1.62. The average molecular weight is 286 g/mol. The Bertz CT molecular complexity index is 655. The van der Waals surface area contributed by atoms with E-state index in [2.05, 4.69) is 26.2 Å². The van der Waals surface area contributed by atoms with Gasteiger partial charge in [-0.25, -0.2) is 4.98 Å². The molecule has 5 heteroatoms. The largest absolute Gasteiger partial charge is 0.390 e. The molecule has 3 heterocycles. The summed E-state index contributed by atoms with van der Waals surface area (Å²) in [5.41, 5.74) is 0.404. The molecule has 21 heavy (non-hydrogen) atoms. The minimum atomic E-state index is -0.478. The van der Waals surface area contributed by atoms with Crippen molar-refractivity contribution in [3.63, 3.8) is 0 Å². The smallest absolute Gasteiger partial charge is 0.156 e. The third-order valence-corrected chi connectivity index (χ3v) is 5.55. The van der Waals surface area contributed by atoms with Gasteiger partial charge in [0.05, 0.1) is 18.0 Å². The van der Waals surface area contributed by atoms with Gasteiger partial charge in [0.15, 0.2) is 5.65 Å². The molecule has 1 saturated carbocycles. The highest BCUT2D eigenvalue weighted by molar-refractivity contribution is 5.49. The van der Waals surface area contributed by atoms with E-state index in [1.54, 1.807) is 6.20 Å². The van der Waals surface area contributed by atoms with Crippen LogP contribution in [0.4, 0.5) is 5.82 Å². The molecular weight excluding hydrogens is 264 g/mol. The molecule has 1 aliphatic carbocycles. The van der Waals surface area contributed by atoms with Gasteiger partial charge in [0.1, 0.15) is 5.82 Å². The van der Waals surface area contributed by atoms with E-state index in [4.69, 9.17) is 0 Å². The van der Waals surface area contributed by atoms with Crippen molar-refractivity contribution >= 4 is 11.5 Å². The van der Waals surface area contributed by atoms with Gasteiger partial charge in [0.2, 0.25) is 0 Å². The lowest BCUT2D eigenvalue weighted by Crippen LogP contribution is -2.44. The normalized spacial score (nSPS) is 32.6. The molecule has 1 saturated heterocycles. The second-order valence-electron chi connectivity index (χ2n) is 6.54. The Labute approximate surface area is 124 Å². The highest BCUT2D eigenvalue weighted by atomic mass is 16.3. The maximum absolute atomic E-state index is 10.9. The van der Waals surface area contributed by atoms with Crippen molar-refractivity contribution in [1.82, 2.24) is 14.4 Å². The highest BCUT2D eigenvalue weighted by Crippen LogP contribution is 2.45. The third-order valence-electron chi connectivity index (χ3n) is 5.55. The second kappa shape index (κ2) is 4.70. The van der Waals surface area contributed by atoms with Crippen LogP contribution >= 0.6 is 0 Å². The lowest BCUT2D eigenvalue weighted by Gasteiger charge is -2.40. The zero-order valence-corrected chi connectivity index (χ0v) is 12.4. The number of hydrogen-bond acceptors (Lipinski definition) is 4. The molecule has 0 unspecified atom stereocenters. The summed E-state index contributed by atoms with van der Waals surface area (Å²) in [6.45, 7) is 4.06. The molecule has 2 aromatic rings. The summed E-state index contributed by atoms with van der Waals surface area (Å²) in [5.74, 6) is 2.08. The maximum atomic E-state index is 10.9. The van der Waals surface area contributed by atoms with Crippen LogP contribution in [0.5, 0.6) is 0 Å². The summed E-state index contributed by atoms with van der Waals surface area (Å²) < 4.78 is 2.09. The van der Waals surface area contributed by atoms with Crippen LogP contribution in [0, 0.1) is 11.8 Å². The summed E-state index contributed by atoms with van der Waals surface area (Å²) in [6, 6.07) is 0. The molecule has 0 bridgehead atoms. The van der Waals surface area contributed by atoms with Crippen molar-refractivity contribution in [2.45, 2.75) is 38.2 Å². The standard InChI is InChI=1S/C16H22N4O/c1-2-16(21)5-3-4-12-10-19(11-13(12)16)15-9-17-8-14-18-6-7-20(14)15/h6-9,12-13,21H,2-5,10-11H2,1H3/t12-,13+,16-/m0/s1. The molecular formula is C16H22N4O. The summed E-state index contributed by atoms with van der Waals surface area (Å²) in [4.78, 5) is 11.0. The Morgan fingerprint density at radius 3 is 3.14 bits per heavy atom. The maximum Gasteiger partial charge on any atom is 0.156 e. The fraction of sp³-hybridized carbons (Fsp3) is 0.625. The van der Waals surface area contributed by atoms with Gasteiger partial charge in [0, 0.05) is 31.4 Å². The predicted molar refractivity (Wildman–Crippen MR) is 81.3 cm³/mol. The highest BCUT2D eigenvalue weighted by Gasteiger charge is 2.48. The van der Waals surface area contributed by atoms with Gasteiger partial charge in [0.25, 0.3) is 0 Å². The molecule has 3 atom stereocenters. The van der Waals surface area contributed by atoms with E-state index in [-0.39, 0.29) is 0 Å². The number of anilines is 1. The van der Waals surface area contributed by atoms with Crippen LogP contribution in [0.25, 0.3) is 5.65 Å². The zero-order chi connectivity index (χ0) is 14.4. The first-order valence-electron chi connectivity index (χ1n) is 7.95. The first-order chi connectivity index (χ1) is 10.2. The molecule has 1 aliphatic heterocycles. The van der Waals surface area contributed by atoms with E-state index in [1.165, 1.54) is 6.42 Å². The predicted octanol–water partition coefficient (Wildman–Crippen LogP) is 2.11. The number of rotatable bonds is 2. The first kappa shape index (κ1) is 13.1. The summed E-state index contributed by atoms with van der Waals surface area (Å²) in [6.07, 6.45) is 11.7. The van der Waals surface area contributed by atoms with Gasteiger partial charge in [-0.15, -0.1) is 0 Å². The van der Waals surface area contributed by atoms with Crippen LogP contribution in [0.3, 0.4) is 0 Å². The van der Waals surface area contributed by atoms with Gasteiger partial charge >= 0.3 is 0 Å². The Morgan fingerprint density at radius 1 is 1.38 bits per heavy atom. The molecule has 0 radical (unpaired) electrons. The zero-order valence-electron chi connectivity index (χ0n) is 12.4. The minimum Gasteiger partial charge on any atom is -0.390 e. The second-order valence-corrected chi connectivity index (χ2v) is 6.54. The van der Waals surface area contributed by atoms with Crippen molar-refractivity contribution in [2.75, 3.05) is 18.0 Å². The Morgan fingerprint density at radius 2 is 2.29 bits per heavy atom. The van der Waals surface area contributed by atoms with Gasteiger partial charge in [-0.2, -0.15) is 0 Å². The molecule has 0 spiro atoms. The third kappa shape index (κ3) is 1.94. The number of imidazole rings is 1. The average Bonchev–Trinajstić information content (AvgIpc) is 3.14. The molecule has 112 valence electrons. The topological polar surface area (TPSA) is 53.7 Å². The van der Waals surface area contributed by atoms with Gasteiger partial charge in [-0.05, 0) is 25.2 Å². The van der Waals surface area contributed by atoms with Crippen LogP contribution in [0.1, 0.15) is 32.6 Å². The molecule has 4 rings (SSSR count). The van der Waals surface area contributed by atoms with Crippen LogP contribution in [-0.4, -0.2) is 38.2 Å². The minimum absolute atomic E-state index is 0.384. The molecule has 2 aromatic heterocycles. The van der Waals surface area contributed by atoms with Crippen LogP contribution in [0.15, 0.2) is 24.8 Å². The van der Waals surface area contributed by atoms with Gasteiger partial charge < -0.3 is 10.0 Å². The van der Waals surface area contributed by atoms with Crippen LogP contribution < -0.4 is 4.90 Å². The monoisotopic (exact) mass is 286 g/mol. The van der Waals surface area contributed by atoms with E-state index in [1.807, 2.05) is 18.6 Å². The SMILES string of the molecule is CC[C@]1(O)CCC[C@H]2CN(c3cncc4nccn34)C[C@H]21. The number of aliphatic hydroxyl groups is 1. The van der Waals surface area contributed by atoms with Crippen LogP contribution in [-0.2, 0) is 0 Å². The number of aromatic nitrogens is 3. The van der Waals surface area contributed by atoms with Crippen molar-refractivity contribution in [1.29, 1.82) is 0 Å². The number of fused-ring (bicyclic) bond motifs is 2. The van der Waals surface area contributed by atoms with Gasteiger partial charge in [-0.3, -0.25) is 9.38 Å². The van der Waals surface area contributed by atoms with E-state index >= 15 is 0 Å². The quantitative estimate of drug-likeness (QED) is 0.918. The van der Waals surface area contributed by atoms with Crippen molar-refractivity contribution in [3.8, 4) is 0 Å². The van der Waals surface area contributed by atoms with Crippen molar-refractivity contribution in [2.24, 2.45) is 11.8 Å². The van der Waals surface area contributed by atoms with Crippen LogP contribution in [0.2, 0.25) is 0 Å². The van der Waals surface area contributed by atoms with Crippen molar-refractivity contribution < 1.29 is 5.11 Å². The number of hydrogen-bond donors (Lipinski definition) is 1. The van der Waals surface area contributed by atoms with E-state index in [9.17, 15) is 5.11 Å². The molecule has 0 aromatic carbocycles. The van der Waals surface area contributed by atoms with E-state index in [0.29, 0.717) is 11.8 Å².